The largest absolute Gasteiger partial charge is 0.336 e. The lowest BCUT2D eigenvalue weighted by Crippen LogP contribution is -2.46. The van der Waals surface area contributed by atoms with Crippen molar-refractivity contribution in [2.24, 2.45) is 11.7 Å². The molecule has 1 heterocycles. The molecule has 0 bridgehead atoms. The van der Waals surface area contributed by atoms with Crippen LogP contribution in [0, 0.1) is 23.6 Å². The first kappa shape index (κ1) is 15.5. The van der Waals surface area contributed by atoms with E-state index in [4.69, 9.17) is 5.73 Å². The van der Waals surface area contributed by atoms with E-state index in [1.165, 1.54) is 6.07 Å². The zero-order valence-corrected chi connectivity index (χ0v) is 12.5. The molecule has 2 atom stereocenters. The van der Waals surface area contributed by atoms with E-state index in [1.54, 1.807) is 12.1 Å². The number of rotatable bonds is 1. The summed E-state index contributed by atoms with van der Waals surface area (Å²) in [6, 6.07) is 4.64. The molecule has 1 saturated heterocycles. The van der Waals surface area contributed by atoms with Crippen LogP contribution in [-0.4, -0.2) is 29.9 Å². The van der Waals surface area contributed by atoms with Gasteiger partial charge in [-0.2, -0.15) is 0 Å². The molecule has 2 unspecified atom stereocenters. The second-order valence-corrected chi connectivity index (χ2v) is 5.56. The van der Waals surface area contributed by atoms with Crippen LogP contribution in [0.25, 0.3) is 0 Å². The van der Waals surface area contributed by atoms with E-state index in [0.717, 1.165) is 19.4 Å². The number of carbonyl (C=O) groups is 1. The van der Waals surface area contributed by atoms with Gasteiger partial charge < -0.3 is 10.6 Å². The molecular formula is C17H21FN2O. The topological polar surface area (TPSA) is 46.3 Å². The standard InChI is InChI=1S/C17H21FN2O/c1-12-5-4-10-20(13(12)2)17(21)15-8-7-14(6-3-9-19)16(18)11-15/h7-8,11-13H,4-5,9-10,19H2,1-2H3. The molecule has 0 aromatic heterocycles. The predicted octanol–water partition coefficient (Wildman–Crippen LogP) is 2.40. The van der Waals surface area contributed by atoms with E-state index in [1.807, 2.05) is 4.90 Å². The van der Waals surface area contributed by atoms with Gasteiger partial charge in [-0.05, 0) is 43.9 Å². The van der Waals surface area contributed by atoms with Crippen LogP contribution in [0.2, 0.25) is 0 Å². The first-order valence-electron chi connectivity index (χ1n) is 7.34. The lowest BCUT2D eigenvalue weighted by Gasteiger charge is -2.38. The van der Waals surface area contributed by atoms with Crippen molar-refractivity contribution in [1.82, 2.24) is 4.90 Å². The summed E-state index contributed by atoms with van der Waals surface area (Å²) >= 11 is 0. The normalized spacial score (nSPS) is 21.6. The highest BCUT2D eigenvalue weighted by Gasteiger charge is 2.29. The SMILES string of the molecule is CC1CCCN(C(=O)c2ccc(C#CCN)c(F)c2)C1C. The van der Waals surface area contributed by atoms with Crippen LogP contribution in [-0.2, 0) is 0 Å². The van der Waals surface area contributed by atoms with Crippen molar-refractivity contribution < 1.29 is 9.18 Å². The number of halogens is 1. The summed E-state index contributed by atoms with van der Waals surface area (Å²) in [5, 5.41) is 0. The zero-order valence-electron chi connectivity index (χ0n) is 12.5. The molecule has 1 aromatic rings. The van der Waals surface area contributed by atoms with Crippen molar-refractivity contribution >= 4 is 5.91 Å². The number of carbonyl (C=O) groups excluding carboxylic acids is 1. The Bertz CT molecular complexity index is 588. The van der Waals surface area contributed by atoms with Crippen LogP contribution in [0.1, 0.15) is 42.6 Å². The van der Waals surface area contributed by atoms with E-state index in [2.05, 4.69) is 25.7 Å². The van der Waals surface area contributed by atoms with E-state index >= 15 is 0 Å². The van der Waals surface area contributed by atoms with Gasteiger partial charge in [-0.3, -0.25) is 4.79 Å². The Morgan fingerprint density at radius 2 is 2.24 bits per heavy atom. The Hall–Kier alpha value is -1.86. The average molecular weight is 288 g/mol. The molecule has 0 radical (unpaired) electrons. The predicted molar refractivity (Wildman–Crippen MR) is 81.2 cm³/mol. The minimum absolute atomic E-state index is 0.105. The molecule has 1 fully saturated rings. The van der Waals surface area contributed by atoms with Crippen molar-refractivity contribution in [2.75, 3.05) is 13.1 Å². The smallest absolute Gasteiger partial charge is 0.254 e. The van der Waals surface area contributed by atoms with Crippen molar-refractivity contribution in [2.45, 2.75) is 32.7 Å². The molecule has 4 heteroatoms. The summed E-state index contributed by atoms with van der Waals surface area (Å²) in [7, 11) is 0. The van der Waals surface area contributed by atoms with Crippen molar-refractivity contribution in [3.63, 3.8) is 0 Å². The van der Waals surface area contributed by atoms with Gasteiger partial charge in [0.15, 0.2) is 0 Å². The molecule has 1 aliphatic heterocycles. The number of piperidine rings is 1. The zero-order chi connectivity index (χ0) is 15.4. The summed E-state index contributed by atoms with van der Waals surface area (Å²) in [6.45, 7) is 5.12. The highest BCUT2D eigenvalue weighted by molar-refractivity contribution is 5.94. The summed E-state index contributed by atoms with van der Waals surface area (Å²) in [6.07, 6.45) is 2.13. The van der Waals surface area contributed by atoms with Crippen LogP contribution in [0.5, 0.6) is 0 Å². The van der Waals surface area contributed by atoms with Crippen molar-refractivity contribution in [3.05, 3.63) is 35.1 Å². The molecule has 2 N–H and O–H groups in total. The van der Waals surface area contributed by atoms with E-state index in [-0.39, 0.29) is 24.1 Å². The molecule has 0 aliphatic carbocycles. The molecule has 1 amide bonds. The molecule has 0 saturated carbocycles. The lowest BCUT2D eigenvalue weighted by molar-refractivity contribution is 0.0550. The summed E-state index contributed by atoms with van der Waals surface area (Å²) < 4.78 is 14.0. The quantitative estimate of drug-likeness (QED) is 0.807. The minimum Gasteiger partial charge on any atom is -0.336 e. The third-order valence-electron chi connectivity index (χ3n) is 4.18. The molecule has 1 aliphatic rings. The Morgan fingerprint density at radius 1 is 1.48 bits per heavy atom. The fourth-order valence-electron chi connectivity index (χ4n) is 2.68. The fourth-order valence-corrected chi connectivity index (χ4v) is 2.68. The van der Waals surface area contributed by atoms with Gasteiger partial charge in [0.1, 0.15) is 5.82 Å². The number of benzene rings is 1. The summed E-state index contributed by atoms with van der Waals surface area (Å²) in [5.41, 5.74) is 5.93. The molecular weight excluding hydrogens is 267 g/mol. The Morgan fingerprint density at radius 3 is 2.90 bits per heavy atom. The fraction of sp³-hybridized carbons (Fsp3) is 0.471. The first-order valence-corrected chi connectivity index (χ1v) is 7.34. The number of likely N-dealkylation sites (tertiary alicyclic amines) is 1. The summed E-state index contributed by atoms with van der Waals surface area (Å²) in [4.78, 5) is 14.4. The highest BCUT2D eigenvalue weighted by Crippen LogP contribution is 2.24. The maximum absolute atomic E-state index is 14.0. The second-order valence-electron chi connectivity index (χ2n) is 5.56. The Kier molecular flexibility index (Phi) is 4.98. The lowest BCUT2D eigenvalue weighted by atomic mass is 9.91. The molecule has 1 aromatic carbocycles. The first-order chi connectivity index (χ1) is 10.0. The van der Waals surface area contributed by atoms with Crippen LogP contribution in [0.4, 0.5) is 4.39 Å². The van der Waals surface area contributed by atoms with Crippen LogP contribution in [0.15, 0.2) is 18.2 Å². The van der Waals surface area contributed by atoms with Crippen LogP contribution in [0.3, 0.4) is 0 Å². The van der Waals surface area contributed by atoms with Gasteiger partial charge >= 0.3 is 0 Å². The van der Waals surface area contributed by atoms with Crippen LogP contribution < -0.4 is 5.73 Å². The number of nitrogens with zero attached hydrogens (tertiary/aromatic N) is 1. The second kappa shape index (κ2) is 6.73. The van der Waals surface area contributed by atoms with Crippen molar-refractivity contribution in [3.8, 4) is 11.8 Å². The maximum atomic E-state index is 14.0. The van der Waals surface area contributed by atoms with Gasteiger partial charge in [-0.25, -0.2) is 4.39 Å². The molecule has 2 rings (SSSR count). The van der Waals surface area contributed by atoms with Gasteiger partial charge in [0, 0.05) is 18.2 Å². The monoisotopic (exact) mass is 288 g/mol. The van der Waals surface area contributed by atoms with E-state index in [9.17, 15) is 9.18 Å². The maximum Gasteiger partial charge on any atom is 0.254 e. The number of hydrogen-bond acceptors (Lipinski definition) is 2. The highest BCUT2D eigenvalue weighted by atomic mass is 19.1. The van der Waals surface area contributed by atoms with Crippen molar-refractivity contribution in [1.29, 1.82) is 0 Å². The molecule has 0 spiro atoms. The minimum atomic E-state index is -0.473. The van der Waals surface area contributed by atoms with E-state index < -0.39 is 5.82 Å². The van der Waals surface area contributed by atoms with Gasteiger partial charge in [0.05, 0.1) is 12.1 Å². The third-order valence-corrected chi connectivity index (χ3v) is 4.18. The van der Waals surface area contributed by atoms with E-state index in [0.29, 0.717) is 11.5 Å². The van der Waals surface area contributed by atoms with Gasteiger partial charge in [0.2, 0.25) is 0 Å². The number of nitrogens with two attached hydrogens (primary N) is 1. The summed E-state index contributed by atoms with van der Waals surface area (Å²) in [5.74, 6) is 5.17. The van der Waals surface area contributed by atoms with Crippen LogP contribution >= 0.6 is 0 Å². The molecule has 112 valence electrons. The molecule has 21 heavy (non-hydrogen) atoms. The van der Waals surface area contributed by atoms with Gasteiger partial charge in [-0.1, -0.05) is 18.8 Å². The average Bonchev–Trinajstić information content (AvgIpc) is 2.48. The third kappa shape index (κ3) is 3.43. The Labute approximate surface area is 125 Å². The van der Waals surface area contributed by atoms with Gasteiger partial charge in [0.25, 0.3) is 5.91 Å². The molecule has 3 nitrogen and oxygen atoms in total. The number of amides is 1. The number of hydrogen-bond donors (Lipinski definition) is 1. The van der Waals surface area contributed by atoms with Gasteiger partial charge in [-0.15, -0.1) is 0 Å². The Balaban J connectivity index is 2.21.